The zero-order chi connectivity index (χ0) is 14.2. The lowest BCUT2D eigenvalue weighted by Crippen LogP contribution is -2.07. The van der Waals surface area contributed by atoms with E-state index in [1.807, 2.05) is 66.7 Å². The van der Waals surface area contributed by atoms with Crippen LogP contribution < -0.4 is 0 Å². The van der Waals surface area contributed by atoms with Gasteiger partial charge in [-0.25, -0.2) is 4.79 Å². The lowest BCUT2D eigenvalue weighted by molar-refractivity contribution is -0.135. The van der Waals surface area contributed by atoms with Crippen molar-refractivity contribution < 1.29 is 9.53 Å². The summed E-state index contributed by atoms with van der Waals surface area (Å²) in [6.45, 7) is 3.76. The van der Waals surface area contributed by atoms with E-state index in [1.54, 1.807) is 6.08 Å². The van der Waals surface area contributed by atoms with Crippen molar-refractivity contribution in [2.24, 2.45) is 0 Å². The van der Waals surface area contributed by atoms with Crippen LogP contribution in [-0.4, -0.2) is 12.6 Å². The van der Waals surface area contributed by atoms with Gasteiger partial charge >= 0.3 is 5.97 Å². The molecular weight excluding hydrogens is 248 g/mol. The molecule has 0 heterocycles. The highest BCUT2D eigenvalue weighted by Crippen LogP contribution is 2.19. The Morgan fingerprint density at radius 1 is 1.00 bits per heavy atom. The van der Waals surface area contributed by atoms with Crippen molar-refractivity contribution in [3.63, 3.8) is 0 Å². The van der Waals surface area contributed by atoms with Crippen molar-refractivity contribution in [3.8, 4) is 0 Å². The van der Waals surface area contributed by atoms with Crippen molar-refractivity contribution in [1.82, 2.24) is 0 Å². The fourth-order valence-electron chi connectivity index (χ4n) is 1.81. The number of carbonyl (C=O) groups excluding carboxylic acids is 1. The Hall–Kier alpha value is -2.61. The number of hydrogen-bond acceptors (Lipinski definition) is 2. The number of esters is 1. The maximum absolute atomic E-state index is 12.2. The first-order valence-corrected chi connectivity index (χ1v) is 6.41. The number of rotatable bonds is 5. The molecule has 0 aliphatic heterocycles. The minimum Gasteiger partial charge on any atom is -0.458 e. The molecule has 20 heavy (non-hydrogen) atoms. The molecule has 2 aromatic rings. The summed E-state index contributed by atoms with van der Waals surface area (Å²) in [6, 6.07) is 19.2. The summed E-state index contributed by atoms with van der Waals surface area (Å²) in [6.07, 6.45) is 3.39. The molecule has 0 saturated heterocycles. The molecule has 2 heteroatoms. The topological polar surface area (TPSA) is 26.3 Å². The first kappa shape index (κ1) is 13.8. The summed E-state index contributed by atoms with van der Waals surface area (Å²) in [4.78, 5) is 12.2. The highest BCUT2D eigenvalue weighted by molar-refractivity contribution is 6.21. The van der Waals surface area contributed by atoms with Gasteiger partial charge in [0.05, 0.1) is 5.57 Å². The van der Waals surface area contributed by atoms with Crippen molar-refractivity contribution >= 4 is 17.6 Å². The average Bonchev–Trinajstić information content (AvgIpc) is 2.52. The SMILES string of the molecule is C=CCOC(=O)/C(=C/c1ccccc1)c1ccccc1. The van der Waals surface area contributed by atoms with E-state index in [1.165, 1.54) is 0 Å². The highest BCUT2D eigenvalue weighted by atomic mass is 16.5. The summed E-state index contributed by atoms with van der Waals surface area (Å²) < 4.78 is 5.15. The lowest BCUT2D eigenvalue weighted by Gasteiger charge is -2.07. The van der Waals surface area contributed by atoms with Gasteiger partial charge in [-0.15, -0.1) is 0 Å². The van der Waals surface area contributed by atoms with Gasteiger partial charge in [-0.3, -0.25) is 0 Å². The first-order valence-electron chi connectivity index (χ1n) is 6.41. The van der Waals surface area contributed by atoms with Crippen LogP contribution in [0.15, 0.2) is 73.3 Å². The van der Waals surface area contributed by atoms with E-state index in [9.17, 15) is 4.79 Å². The molecule has 0 bridgehead atoms. The van der Waals surface area contributed by atoms with E-state index in [2.05, 4.69) is 6.58 Å². The Labute approximate surface area is 119 Å². The van der Waals surface area contributed by atoms with Crippen LogP contribution >= 0.6 is 0 Å². The standard InChI is InChI=1S/C18H16O2/c1-2-13-20-18(19)17(16-11-7-4-8-12-16)14-15-9-5-3-6-10-15/h2-12,14H,1,13H2/b17-14+. The zero-order valence-electron chi connectivity index (χ0n) is 11.2. The van der Waals surface area contributed by atoms with Gasteiger partial charge in [0.15, 0.2) is 0 Å². The quantitative estimate of drug-likeness (QED) is 0.354. The molecule has 2 aromatic carbocycles. The van der Waals surface area contributed by atoms with E-state index in [0.717, 1.165) is 11.1 Å². The molecular formula is C18H16O2. The third-order valence-corrected chi connectivity index (χ3v) is 2.75. The summed E-state index contributed by atoms with van der Waals surface area (Å²) >= 11 is 0. The molecule has 0 amide bonds. The van der Waals surface area contributed by atoms with Crippen LogP contribution in [0.5, 0.6) is 0 Å². The Balaban J connectivity index is 2.37. The maximum atomic E-state index is 12.2. The fraction of sp³-hybridized carbons (Fsp3) is 0.0556. The van der Waals surface area contributed by atoms with Crippen LogP contribution in [0.1, 0.15) is 11.1 Å². The molecule has 100 valence electrons. The second-order valence-electron chi connectivity index (χ2n) is 4.22. The third kappa shape index (κ3) is 3.69. The molecule has 0 unspecified atom stereocenters. The number of hydrogen-bond donors (Lipinski definition) is 0. The second-order valence-corrected chi connectivity index (χ2v) is 4.22. The van der Waals surface area contributed by atoms with Gasteiger partial charge in [0.1, 0.15) is 6.61 Å². The molecule has 0 radical (unpaired) electrons. The van der Waals surface area contributed by atoms with E-state index in [-0.39, 0.29) is 12.6 Å². The molecule has 0 aromatic heterocycles. The highest BCUT2D eigenvalue weighted by Gasteiger charge is 2.12. The van der Waals surface area contributed by atoms with Crippen molar-refractivity contribution in [3.05, 3.63) is 84.4 Å². The Kier molecular flexibility index (Phi) is 4.90. The van der Waals surface area contributed by atoms with Gasteiger partial charge in [0, 0.05) is 0 Å². The summed E-state index contributed by atoms with van der Waals surface area (Å²) in [7, 11) is 0. The zero-order valence-corrected chi connectivity index (χ0v) is 11.2. The van der Waals surface area contributed by atoms with Gasteiger partial charge in [-0.05, 0) is 17.2 Å². The van der Waals surface area contributed by atoms with Gasteiger partial charge in [-0.1, -0.05) is 73.3 Å². The van der Waals surface area contributed by atoms with E-state index in [4.69, 9.17) is 4.74 Å². The van der Waals surface area contributed by atoms with Gasteiger partial charge < -0.3 is 4.74 Å². The smallest absolute Gasteiger partial charge is 0.339 e. The van der Waals surface area contributed by atoms with Crippen LogP contribution in [-0.2, 0) is 9.53 Å². The van der Waals surface area contributed by atoms with Crippen LogP contribution in [0.25, 0.3) is 11.6 Å². The van der Waals surface area contributed by atoms with Crippen LogP contribution in [0.2, 0.25) is 0 Å². The fourth-order valence-corrected chi connectivity index (χ4v) is 1.81. The van der Waals surface area contributed by atoms with E-state index < -0.39 is 0 Å². The average molecular weight is 264 g/mol. The summed E-state index contributed by atoms with van der Waals surface area (Å²) in [5.74, 6) is -0.347. The second kappa shape index (κ2) is 7.10. The number of benzene rings is 2. The van der Waals surface area contributed by atoms with Crippen molar-refractivity contribution in [2.45, 2.75) is 0 Å². The van der Waals surface area contributed by atoms with Crippen molar-refractivity contribution in [1.29, 1.82) is 0 Å². The molecule has 2 nitrogen and oxygen atoms in total. The van der Waals surface area contributed by atoms with Crippen molar-refractivity contribution in [2.75, 3.05) is 6.61 Å². The predicted octanol–water partition coefficient (Wildman–Crippen LogP) is 3.96. The van der Waals surface area contributed by atoms with Gasteiger partial charge in [0.2, 0.25) is 0 Å². The lowest BCUT2D eigenvalue weighted by atomic mass is 10.0. The molecule has 0 aliphatic carbocycles. The molecule has 2 rings (SSSR count). The Bertz CT molecular complexity index is 598. The molecule has 0 aliphatic rings. The normalized spacial score (nSPS) is 10.9. The monoisotopic (exact) mass is 264 g/mol. The van der Waals surface area contributed by atoms with E-state index >= 15 is 0 Å². The van der Waals surface area contributed by atoms with Crippen LogP contribution in [0, 0.1) is 0 Å². The summed E-state index contributed by atoms with van der Waals surface area (Å²) in [5, 5.41) is 0. The minimum absolute atomic E-state index is 0.206. The predicted molar refractivity (Wildman–Crippen MR) is 81.9 cm³/mol. The third-order valence-electron chi connectivity index (χ3n) is 2.75. The van der Waals surface area contributed by atoms with Crippen LogP contribution in [0.3, 0.4) is 0 Å². The van der Waals surface area contributed by atoms with Gasteiger partial charge in [0.25, 0.3) is 0 Å². The van der Waals surface area contributed by atoms with Crippen LogP contribution in [0.4, 0.5) is 0 Å². The minimum atomic E-state index is -0.347. The molecule has 0 atom stereocenters. The molecule has 0 saturated carbocycles. The van der Waals surface area contributed by atoms with E-state index in [0.29, 0.717) is 5.57 Å². The number of ether oxygens (including phenoxy) is 1. The Morgan fingerprint density at radius 2 is 1.60 bits per heavy atom. The largest absolute Gasteiger partial charge is 0.458 e. The molecule has 0 fully saturated rings. The number of carbonyl (C=O) groups is 1. The first-order chi connectivity index (χ1) is 9.81. The molecule has 0 N–H and O–H groups in total. The summed E-state index contributed by atoms with van der Waals surface area (Å²) in [5.41, 5.74) is 2.34. The molecule has 0 spiro atoms. The Morgan fingerprint density at radius 3 is 2.20 bits per heavy atom. The van der Waals surface area contributed by atoms with Gasteiger partial charge in [-0.2, -0.15) is 0 Å². The maximum Gasteiger partial charge on any atom is 0.339 e.